The molecule has 1 aliphatic rings. The number of benzene rings is 2. The lowest BCUT2D eigenvalue weighted by atomic mass is 10.2. The second-order valence-corrected chi connectivity index (χ2v) is 9.89. The fourth-order valence-electron chi connectivity index (χ4n) is 3.45. The molecule has 8 nitrogen and oxygen atoms in total. The number of hydrogen-bond acceptors (Lipinski definition) is 6. The third-order valence-corrected chi connectivity index (χ3v) is 7.12. The normalized spacial score (nSPS) is 14.4. The van der Waals surface area contributed by atoms with Crippen molar-refractivity contribution in [2.75, 3.05) is 51.3 Å². The Morgan fingerprint density at radius 2 is 1.88 bits per heavy atom. The second-order valence-electron chi connectivity index (χ2n) is 7.95. The first kappa shape index (κ1) is 25.7. The van der Waals surface area contributed by atoms with E-state index in [1.807, 2.05) is 13.8 Å². The van der Waals surface area contributed by atoms with Crippen molar-refractivity contribution >= 4 is 21.6 Å². The van der Waals surface area contributed by atoms with Gasteiger partial charge in [0.05, 0.1) is 30.3 Å². The van der Waals surface area contributed by atoms with Crippen LogP contribution in [0.15, 0.2) is 59.5 Å². The van der Waals surface area contributed by atoms with Gasteiger partial charge in [-0.15, -0.1) is 0 Å². The molecule has 1 aliphatic heterocycles. The minimum Gasteiger partial charge on any atom is -0.455 e. The van der Waals surface area contributed by atoms with Crippen LogP contribution in [0.2, 0.25) is 0 Å². The fourth-order valence-corrected chi connectivity index (χ4v) is 4.88. The number of likely N-dealkylation sites (N-methyl/N-ethyl adjacent to an activating group) is 1. The van der Waals surface area contributed by atoms with Crippen LogP contribution in [0.3, 0.4) is 0 Å². The summed E-state index contributed by atoms with van der Waals surface area (Å²) in [5.41, 5.74) is 1.19. The topological polar surface area (TPSA) is 88.2 Å². The van der Waals surface area contributed by atoms with Gasteiger partial charge in [-0.05, 0) is 56.3 Å². The van der Waals surface area contributed by atoms with Crippen LogP contribution in [0.5, 0.6) is 11.5 Å². The molecule has 184 valence electrons. The van der Waals surface area contributed by atoms with Crippen LogP contribution in [0.4, 0.5) is 10.1 Å². The Labute approximate surface area is 200 Å². The summed E-state index contributed by atoms with van der Waals surface area (Å²) >= 11 is 0. The number of amides is 1. The quantitative estimate of drug-likeness (QED) is 0.512. The number of hydrogen-bond donors (Lipinski definition) is 1. The number of rotatable bonds is 10. The third-order valence-electron chi connectivity index (χ3n) is 5.23. The maximum atomic E-state index is 13.3. The molecule has 0 saturated carbocycles. The summed E-state index contributed by atoms with van der Waals surface area (Å²) in [6, 6.07) is 9.89. The fraction of sp³-hybridized carbons (Fsp3) is 0.375. The summed E-state index contributed by atoms with van der Waals surface area (Å²) in [4.78, 5) is 14.4. The zero-order valence-corrected chi connectivity index (χ0v) is 20.2. The molecule has 0 bridgehead atoms. The number of nitrogens with one attached hydrogen (secondary N) is 1. The molecule has 2 aromatic rings. The van der Waals surface area contributed by atoms with E-state index in [-0.39, 0.29) is 30.4 Å². The molecule has 1 saturated heterocycles. The largest absolute Gasteiger partial charge is 0.455 e. The van der Waals surface area contributed by atoms with Crippen molar-refractivity contribution < 1.29 is 27.1 Å². The number of carbonyl (C=O) groups is 1. The van der Waals surface area contributed by atoms with Crippen molar-refractivity contribution in [2.24, 2.45) is 0 Å². The number of morpholine rings is 1. The summed E-state index contributed by atoms with van der Waals surface area (Å²) in [6.45, 7) is 9.65. The van der Waals surface area contributed by atoms with Crippen molar-refractivity contribution in [2.45, 2.75) is 18.7 Å². The van der Waals surface area contributed by atoms with Gasteiger partial charge in [-0.25, -0.2) is 12.8 Å². The van der Waals surface area contributed by atoms with Gasteiger partial charge in [-0.2, -0.15) is 4.31 Å². The lowest BCUT2D eigenvalue weighted by molar-refractivity contribution is -0.128. The summed E-state index contributed by atoms with van der Waals surface area (Å²) < 4.78 is 52.0. The molecule has 34 heavy (non-hydrogen) atoms. The molecule has 0 unspecified atom stereocenters. The molecule has 3 rings (SSSR count). The molecule has 10 heteroatoms. The van der Waals surface area contributed by atoms with Crippen LogP contribution in [0.1, 0.15) is 13.8 Å². The van der Waals surface area contributed by atoms with Gasteiger partial charge in [0, 0.05) is 26.2 Å². The molecule has 0 aromatic heterocycles. The molecule has 1 amide bonds. The van der Waals surface area contributed by atoms with E-state index in [1.54, 1.807) is 4.90 Å². The average molecular weight is 492 g/mol. The zero-order valence-electron chi connectivity index (χ0n) is 19.4. The van der Waals surface area contributed by atoms with E-state index in [1.165, 1.54) is 46.8 Å². The van der Waals surface area contributed by atoms with Crippen molar-refractivity contribution in [3.8, 4) is 11.5 Å². The Balaban J connectivity index is 1.88. The molecule has 0 radical (unpaired) electrons. The third kappa shape index (κ3) is 6.55. The minimum atomic E-state index is -3.75. The summed E-state index contributed by atoms with van der Waals surface area (Å²) in [7, 11) is -3.75. The maximum absolute atomic E-state index is 13.3. The molecule has 0 spiro atoms. The summed E-state index contributed by atoms with van der Waals surface area (Å²) in [5.74, 6) is 0.111. The van der Waals surface area contributed by atoms with E-state index in [2.05, 4.69) is 11.9 Å². The lowest BCUT2D eigenvalue weighted by Gasteiger charge is -2.26. The zero-order chi connectivity index (χ0) is 24.7. The molecule has 1 heterocycles. The Kier molecular flexibility index (Phi) is 8.65. The van der Waals surface area contributed by atoms with Crippen molar-refractivity contribution in [1.82, 2.24) is 9.21 Å². The summed E-state index contributed by atoms with van der Waals surface area (Å²) in [5, 5.41) is 3.02. The van der Waals surface area contributed by atoms with E-state index in [9.17, 15) is 17.6 Å². The first-order valence-corrected chi connectivity index (χ1v) is 12.5. The number of ether oxygens (including phenoxy) is 2. The highest BCUT2D eigenvalue weighted by molar-refractivity contribution is 7.89. The highest BCUT2D eigenvalue weighted by atomic mass is 32.2. The van der Waals surface area contributed by atoms with Gasteiger partial charge in [0.25, 0.3) is 0 Å². The standard InChI is InChI=1S/C24H30FN3O5S/c1-4-27(17-18(2)3)24(29)16-26-22-15-21(34(30,31)28-11-13-32-14-12-28)9-10-23(22)33-20-7-5-19(25)6-8-20/h5-10,15,26H,2,4,11-14,16-17H2,1,3H3. The number of carbonyl (C=O) groups excluding carboxylic acids is 1. The van der Waals surface area contributed by atoms with Crippen LogP contribution in [0.25, 0.3) is 0 Å². The molecule has 1 fully saturated rings. The second kappa shape index (κ2) is 11.5. The van der Waals surface area contributed by atoms with Gasteiger partial charge in [0.15, 0.2) is 5.75 Å². The number of nitrogens with zero attached hydrogens (tertiary/aromatic N) is 2. The number of halogens is 1. The first-order valence-electron chi connectivity index (χ1n) is 11.0. The number of sulfonamides is 1. The number of anilines is 1. The van der Waals surface area contributed by atoms with E-state index < -0.39 is 15.8 Å². The monoisotopic (exact) mass is 491 g/mol. The molecule has 2 aromatic carbocycles. The maximum Gasteiger partial charge on any atom is 0.243 e. The highest BCUT2D eigenvalue weighted by Gasteiger charge is 2.27. The van der Waals surface area contributed by atoms with Crippen LogP contribution in [-0.2, 0) is 19.6 Å². The van der Waals surface area contributed by atoms with Crippen LogP contribution in [0, 0.1) is 5.82 Å². The Morgan fingerprint density at radius 3 is 2.50 bits per heavy atom. The first-order chi connectivity index (χ1) is 16.2. The Morgan fingerprint density at radius 1 is 1.21 bits per heavy atom. The predicted octanol–water partition coefficient (Wildman–Crippen LogP) is 3.48. The van der Waals surface area contributed by atoms with Crippen molar-refractivity contribution in [3.05, 3.63) is 60.4 Å². The SMILES string of the molecule is C=C(C)CN(CC)C(=O)CNc1cc(S(=O)(=O)N2CCOCC2)ccc1Oc1ccc(F)cc1. The summed E-state index contributed by atoms with van der Waals surface area (Å²) in [6.07, 6.45) is 0. The van der Waals surface area contributed by atoms with E-state index in [0.717, 1.165) is 5.57 Å². The minimum absolute atomic E-state index is 0.0675. The average Bonchev–Trinajstić information content (AvgIpc) is 2.83. The molecule has 1 N–H and O–H groups in total. The van der Waals surface area contributed by atoms with Gasteiger partial charge in [-0.3, -0.25) is 4.79 Å². The smallest absolute Gasteiger partial charge is 0.243 e. The van der Waals surface area contributed by atoms with Crippen molar-refractivity contribution in [1.29, 1.82) is 0 Å². The van der Waals surface area contributed by atoms with Gasteiger partial charge in [-0.1, -0.05) is 12.2 Å². The molecule has 0 atom stereocenters. The predicted molar refractivity (Wildman–Crippen MR) is 128 cm³/mol. The highest BCUT2D eigenvalue weighted by Crippen LogP contribution is 2.33. The molecular formula is C24H30FN3O5S. The Hall–Kier alpha value is -2.95. The van der Waals surface area contributed by atoms with Gasteiger partial charge in [0.2, 0.25) is 15.9 Å². The molecule has 0 aliphatic carbocycles. The lowest BCUT2D eigenvalue weighted by Crippen LogP contribution is -2.40. The van der Waals surface area contributed by atoms with Crippen LogP contribution < -0.4 is 10.1 Å². The van der Waals surface area contributed by atoms with E-state index in [4.69, 9.17) is 9.47 Å². The van der Waals surface area contributed by atoms with Crippen molar-refractivity contribution in [3.63, 3.8) is 0 Å². The van der Waals surface area contributed by atoms with E-state index >= 15 is 0 Å². The van der Waals surface area contributed by atoms with Crippen LogP contribution >= 0.6 is 0 Å². The van der Waals surface area contributed by atoms with Gasteiger partial charge in [0.1, 0.15) is 11.6 Å². The van der Waals surface area contributed by atoms with Crippen LogP contribution in [-0.4, -0.2) is 69.5 Å². The van der Waals surface area contributed by atoms with E-state index in [0.29, 0.717) is 43.5 Å². The molecular weight excluding hydrogens is 461 g/mol. The van der Waals surface area contributed by atoms with Gasteiger partial charge >= 0.3 is 0 Å². The van der Waals surface area contributed by atoms with Gasteiger partial charge < -0.3 is 19.7 Å². The Bertz CT molecular complexity index is 1120.